The Kier molecular flexibility index (Phi) is 5.68. The molecular formula is C23H25ClN2O5. The van der Waals surface area contributed by atoms with Gasteiger partial charge in [0.05, 0.1) is 0 Å². The highest BCUT2D eigenvalue weighted by molar-refractivity contribution is 5.50. The monoisotopic (exact) mass is 444 g/mol. The normalized spacial score (nSPS) is 19.2. The number of rotatable bonds is 1. The van der Waals surface area contributed by atoms with Gasteiger partial charge in [-0.1, -0.05) is 42.0 Å². The van der Waals surface area contributed by atoms with Crippen LogP contribution in [0, 0.1) is 37.9 Å². The summed E-state index contributed by atoms with van der Waals surface area (Å²) in [4.78, 5) is 0. The molecule has 3 aromatic rings. The van der Waals surface area contributed by atoms with Crippen LogP contribution in [0.3, 0.4) is 0 Å². The van der Waals surface area contributed by atoms with Crippen LogP contribution in [0.4, 0.5) is 0 Å². The van der Waals surface area contributed by atoms with Gasteiger partial charge in [-0.3, -0.25) is 0 Å². The summed E-state index contributed by atoms with van der Waals surface area (Å²) in [5.41, 5.74) is 10.7. The Balaban J connectivity index is 0.000000418. The molecule has 8 heteroatoms. The minimum atomic E-state index is -4.94. The summed E-state index contributed by atoms with van der Waals surface area (Å²) in [6.45, 7) is 9.50. The molecule has 7 nitrogen and oxygen atoms in total. The Morgan fingerprint density at radius 3 is 2.26 bits per heavy atom. The summed E-state index contributed by atoms with van der Waals surface area (Å²) < 4.78 is 45.1. The summed E-state index contributed by atoms with van der Waals surface area (Å²) in [6, 6.07) is 13.6. The van der Waals surface area contributed by atoms with E-state index in [1.54, 1.807) is 0 Å². The fraction of sp³-hybridized carbons (Fsp3) is 0.348. The zero-order valence-electron chi connectivity index (χ0n) is 17.9. The molecule has 2 heterocycles. The highest BCUT2D eigenvalue weighted by Crippen LogP contribution is 2.37. The van der Waals surface area contributed by atoms with Crippen molar-refractivity contribution in [3.63, 3.8) is 0 Å². The second-order valence-corrected chi connectivity index (χ2v) is 9.00. The summed E-state index contributed by atoms with van der Waals surface area (Å²) in [5, 5.41) is 0. The van der Waals surface area contributed by atoms with Crippen LogP contribution in [0.15, 0.2) is 42.7 Å². The molecule has 0 saturated carbocycles. The lowest BCUT2D eigenvalue weighted by molar-refractivity contribution is -2.00. The lowest BCUT2D eigenvalue weighted by Gasteiger charge is -2.24. The highest BCUT2D eigenvalue weighted by atomic mass is 35.7. The van der Waals surface area contributed by atoms with Gasteiger partial charge in [0.15, 0.2) is 17.4 Å². The van der Waals surface area contributed by atoms with Gasteiger partial charge in [0.2, 0.25) is 6.33 Å². The van der Waals surface area contributed by atoms with Gasteiger partial charge >= 0.3 is 0 Å². The van der Waals surface area contributed by atoms with Crippen LogP contribution in [0.25, 0.3) is 5.69 Å². The van der Waals surface area contributed by atoms with Crippen LogP contribution >= 0.6 is 0 Å². The van der Waals surface area contributed by atoms with Gasteiger partial charge in [0.1, 0.15) is 18.4 Å². The molecule has 0 amide bonds. The van der Waals surface area contributed by atoms with Gasteiger partial charge in [-0.15, -0.1) is 10.2 Å². The van der Waals surface area contributed by atoms with Crippen LogP contribution in [0.5, 0.6) is 0 Å². The maximum Gasteiger partial charge on any atom is 0.250 e. The number of nitrogens with zero attached hydrogens (tertiary/aromatic N) is 2. The Morgan fingerprint density at radius 1 is 1.00 bits per heavy atom. The van der Waals surface area contributed by atoms with Gasteiger partial charge in [0.25, 0.3) is 0 Å². The lowest BCUT2D eigenvalue weighted by Crippen LogP contribution is -2.68. The van der Waals surface area contributed by atoms with Crippen molar-refractivity contribution >= 4 is 0 Å². The maximum absolute atomic E-state index is 8.49. The molecule has 0 bridgehead atoms. The van der Waals surface area contributed by atoms with Crippen molar-refractivity contribution in [2.75, 3.05) is 0 Å². The molecule has 0 unspecified atom stereocenters. The average Bonchev–Trinajstić information content (AvgIpc) is 3.18. The molecule has 2 atom stereocenters. The van der Waals surface area contributed by atoms with Crippen LogP contribution in [-0.2, 0) is 17.8 Å². The zero-order valence-corrected chi connectivity index (χ0v) is 18.7. The molecule has 1 aliphatic carbocycles. The van der Waals surface area contributed by atoms with Gasteiger partial charge in [-0.25, -0.2) is 23.2 Å². The first kappa shape index (κ1) is 22.0. The fourth-order valence-corrected chi connectivity index (χ4v) is 5.01. The molecule has 0 N–H and O–H groups in total. The molecule has 0 spiro atoms. The van der Waals surface area contributed by atoms with E-state index in [0.717, 1.165) is 6.42 Å². The summed E-state index contributed by atoms with van der Waals surface area (Å²) in [7, 11) is -4.94. The van der Waals surface area contributed by atoms with Crippen LogP contribution < -0.4 is 23.2 Å². The van der Waals surface area contributed by atoms with E-state index in [2.05, 4.69) is 79.6 Å². The number of halogens is 1. The van der Waals surface area contributed by atoms with Gasteiger partial charge in [-0.2, -0.15) is 4.57 Å². The number of hydrogen-bond donors (Lipinski definition) is 0. The third kappa shape index (κ3) is 4.25. The lowest BCUT2D eigenvalue weighted by atomic mass is 10.0. The standard InChI is InChI=1S/C23H25N2O.ClHO4/c1-14-9-15(2)22(16(3)10-14)24-13-25-20(17(24)4)12-26-21-11-18-7-5-6-8-19(18)23(21)25;2-1(3,4)5/h5-10,13,21,23H,11-12H2,1-4H3;(H,2,3,4,5)/q+1;/p-1/t21-,23+;/m0./s1. The van der Waals surface area contributed by atoms with Crippen molar-refractivity contribution in [1.29, 1.82) is 0 Å². The minimum absolute atomic E-state index is 0.250. The van der Waals surface area contributed by atoms with Crippen molar-refractivity contribution in [2.24, 2.45) is 0 Å². The Labute approximate surface area is 183 Å². The van der Waals surface area contributed by atoms with Gasteiger partial charge in [0, 0.05) is 18.9 Å². The third-order valence-corrected chi connectivity index (χ3v) is 6.09. The smallest absolute Gasteiger partial charge is 0.250 e. The van der Waals surface area contributed by atoms with Crippen molar-refractivity contribution in [3.8, 4) is 5.69 Å². The Morgan fingerprint density at radius 2 is 1.61 bits per heavy atom. The van der Waals surface area contributed by atoms with E-state index in [-0.39, 0.29) is 6.10 Å². The van der Waals surface area contributed by atoms with E-state index < -0.39 is 10.2 Å². The van der Waals surface area contributed by atoms with E-state index in [1.807, 2.05) is 0 Å². The second kappa shape index (κ2) is 8.02. The average molecular weight is 445 g/mol. The Hall–Kier alpha value is -2.26. The molecule has 2 aliphatic rings. The molecule has 5 rings (SSSR count). The number of ether oxygens (including phenoxy) is 1. The van der Waals surface area contributed by atoms with E-state index in [9.17, 15) is 0 Å². The largest absolute Gasteiger partial charge is 0.364 e. The number of aromatic nitrogens is 2. The van der Waals surface area contributed by atoms with E-state index >= 15 is 0 Å². The molecule has 0 saturated heterocycles. The minimum Gasteiger partial charge on any atom is -0.364 e. The first-order chi connectivity index (χ1) is 14.5. The summed E-state index contributed by atoms with van der Waals surface area (Å²) in [6.07, 6.45) is 3.57. The maximum atomic E-state index is 8.49. The number of hydrogen-bond acceptors (Lipinski definition) is 5. The Bertz CT molecular complexity index is 1110. The summed E-state index contributed by atoms with van der Waals surface area (Å²) in [5.74, 6) is 0. The number of fused-ring (bicyclic) bond motifs is 5. The first-order valence-electron chi connectivity index (χ1n) is 10.1. The predicted octanol–water partition coefficient (Wildman–Crippen LogP) is -0.713. The number of benzene rings is 2. The van der Waals surface area contributed by atoms with E-state index in [1.165, 1.54) is 44.9 Å². The van der Waals surface area contributed by atoms with Crippen molar-refractivity contribution in [3.05, 3.63) is 81.9 Å². The van der Waals surface area contributed by atoms with E-state index in [4.69, 9.17) is 23.4 Å². The molecule has 2 aromatic carbocycles. The zero-order chi connectivity index (χ0) is 22.5. The quantitative estimate of drug-likeness (QED) is 0.460. The van der Waals surface area contributed by atoms with Crippen LogP contribution in [-0.4, -0.2) is 10.7 Å². The molecule has 31 heavy (non-hydrogen) atoms. The first-order valence-corrected chi connectivity index (χ1v) is 11.3. The number of imidazole rings is 1. The van der Waals surface area contributed by atoms with Crippen LogP contribution in [0.1, 0.15) is 45.2 Å². The van der Waals surface area contributed by atoms with Crippen molar-refractivity contribution in [2.45, 2.75) is 52.9 Å². The summed E-state index contributed by atoms with van der Waals surface area (Å²) >= 11 is 0. The molecule has 0 fully saturated rings. The molecule has 1 aromatic heterocycles. The topological polar surface area (TPSA) is 110 Å². The van der Waals surface area contributed by atoms with Gasteiger partial charge < -0.3 is 4.74 Å². The number of aryl methyl sites for hydroxylation is 3. The molecule has 0 radical (unpaired) electrons. The fourth-order valence-electron chi connectivity index (χ4n) is 5.01. The SMILES string of the molecule is Cc1cc(C)c(-n2c[n+]3c(c2C)CO[C@H]2Cc4ccccc4[C@H]23)c(C)c1.[O-][Cl+3]([O-])([O-])[O-]. The van der Waals surface area contributed by atoms with Gasteiger partial charge in [-0.05, 0) is 37.5 Å². The van der Waals surface area contributed by atoms with Crippen molar-refractivity contribution < 1.29 is 38.2 Å². The van der Waals surface area contributed by atoms with Crippen molar-refractivity contribution in [1.82, 2.24) is 4.57 Å². The third-order valence-electron chi connectivity index (χ3n) is 6.09. The highest BCUT2D eigenvalue weighted by Gasteiger charge is 2.44. The van der Waals surface area contributed by atoms with E-state index in [0.29, 0.717) is 12.6 Å². The second-order valence-electron chi connectivity index (χ2n) is 8.25. The predicted molar refractivity (Wildman–Crippen MR) is 102 cm³/mol. The molecule has 164 valence electrons. The molecule has 1 aliphatic heterocycles. The molecular weight excluding hydrogens is 420 g/mol. The van der Waals surface area contributed by atoms with Crippen LogP contribution in [0.2, 0.25) is 0 Å².